The molecular formula is C16H25N3O. The van der Waals surface area contributed by atoms with Gasteiger partial charge in [-0.25, -0.2) is 0 Å². The summed E-state index contributed by atoms with van der Waals surface area (Å²) in [4.78, 5) is 16.7. The van der Waals surface area contributed by atoms with Gasteiger partial charge < -0.3 is 10.6 Å². The molecule has 20 heavy (non-hydrogen) atoms. The van der Waals surface area contributed by atoms with Crippen LogP contribution in [0.1, 0.15) is 25.8 Å². The fraction of sp³-hybridized carbons (Fsp3) is 0.562. The summed E-state index contributed by atoms with van der Waals surface area (Å²) in [7, 11) is 0. The molecule has 1 heterocycles. The summed E-state index contributed by atoms with van der Waals surface area (Å²) < 4.78 is 0. The minimum absolute atomic E-state index is 0.187. The fourth-order valence-electron chi connectivity index (χ4n) is 2.64. The number of hydrogen-bond donors (Lipinski definition) is 1. The topological polar surface area (TPSA) is 49.6 Å². The van der Waals surface area contributed by atoms with Crippen molar-refractivity contribution >= 4 is 11.6 Å². The lowest BCUT2D eigenvalue weighted by Gasteiger charge is -2.38. The van der Waals surface area contributed by atoms with Crippen LogP contribution in [0.2, 0.25) is 0 Å². The SMILES string of the molecule is CCC(C)N1CCN(C(=O)Cc2ccccc2N)CC1. The summed E-state index contributed by atoms with van der Waals surface area (Å²) >= 11 is 0. The van der Waals surface area contributed by atoms with Gasteiger partial charge in [-0.2, -0.15) is 0 Å². The molecule has 0 aliphatic carbocycles. The number of amides is 1. The van der Waals surface area contributed by atoms with E-state index in [1.807, 2.05) is 29.2 Å². The number of benzene rings is 1. The molecule has 1 aliphatic heterocycles. The van der Waals surface area contributed by atoms with Crippen molar-refractivity contribution in [2.45, 2.75) is 32.7 Å². The molecule has 1 amide bonds. The minimum atomic E-state index is 0.187. The molecule has 4 nitrogen and oxygen atoms in total. The van der Waals surface area contributed by atoms with E-state index >= 15 is 0 Å². The lowest BCUT2D eigenvalue weighted by atomic mass is 10.1. The van der Waals surface area contributed by atoms with Crippen LogP contribution in [-0.2, 0) is 11.2 Å². The zero-order chi connectivity index (χ0) is 14.5. The second-order valence-electron chi connectivity index (χ2n) is 5.55. The highest BCUT2D eigenvalue weighted by molar-refractivity contribution is 5.80. The third-order valence-corrected chi connectivity index (χ3v) is 4.28. The van der Waals surface area contributed by atoms with Gasteiger partial charge in [0.05, 0.1) is 6.42 Å². The first-order chi connectivity index (χ1) is 9.61. The van der Waals surface area contributed by atoms with Gasteiger partial charge in [0.2, 0.25) is 5.91 Å². The zero-order valence-corrected chi connectivity index (χ0v) is 12.5. The highest BCUT2D eigenvalue weighted by Crippen LogP contribution is 2.14. The van der Waals surface area contributed by atoms with Crippen molar-refractivity contribution < 1.29 is 4.79 Å². The normalized spacial score (nSPS) is 18.0. The molecule has 1 unspecified atom stereocenters. The molecule has 1 aliphatic rings. The number of hydrogen-bond acceptors (Lipinski definition) is 3. The van der Waals surface area contributed by atoms with Crippen molar-refractivity contribution in [3.05, 3.63) is 29.8 Å². The van der Waals surface area contributed by atoms with E-state index in [4.69, 9.17) is 5.73 Å². The predicted molar refractivity (Wildman–Crippen MR) is 82.5 cm³/mol. The van der Waals surface area contributed by atoms with E-state index in [0.29, 0.717) is 18.2 Å². The van der Waals surface area contributed by atoms with Crippen LogP contribution in [-0.4, -0.2) is 47.9 Å². The van der Waals surface area contributed by atoms with Gasteiger partial charge in [0.25, 0.3) is 0 Å². The number of carbonyl (C=O) groups excluding carboxylic acids is 1. The molecule has 110 valence electrons. The van der Waals surface area contributed by atoms with Crippen molar-refractivity contribution in [3.8, 4) is 0 Å². The Labute approximate surface area is 121 Å². The van der Waals surface area contributed by atoms with Crippen LogP contribution in [0.3, 0.4) is 0 Å². The monoisotopic (exact) mass is 275 g/mol. The van der Waals surface area contributed by atoms with Gasteiger partial charge in [-0.1, -0.05) is 25.1 Å². The number of carbonyl (C=O) groups is 1. The molecule has 2 rings (SSSR count). The van der Waals surface area contributed by atoms with Gasteiger partial charge >= 0.3 is 0 Å². The summed E-state index contributed by atoms with van der Waals surface area (Å²) in [6.45, 7) is 8.07. The number of piperazine rings is 1. The van der Waals surface area contributed by atoms with E-state index in [0.717, 1.165) is 38.2 Å². The van der Waals surface area contributed by atoms with Gasteiger partial charge in [-0.05, 0) is 25.0 Å². The summed E-state index contributed by atoms with van der Waals surface area (Å²) in [6, 6.07) is 8.22. The van der Waals surface area contributed by atoms with E-state index in [1.165, 1.54) is 0 Å². The molecule has 1 fully saturated rings. The molecule has 2 N–H and O–H groups in total. The second-order valence-corrected chi connectivity index (χ2v) is 5.55. The molecule has 1 aromatic rings. The smallest absolute Gasteiger partial charge is 0.227 e. The molecule has 1 atom stereocenters. The minimum Gasteiger partial charge on any atom is -0.398 e. The zero-order valence-electron chi connectivity index (χ0n) is 12.5. The Balaban J connectivity index is 1.88. The van der Waals surface area contributed by atoms with Gasteiger partial charge in [0.1, 0.15) is 0 Å². The Hall–Kier alpha value is -1.55. The van der Waals surface area contributed by atoms with Crippen molar-refractivity contribution in [1.29, 1.82) is 0 Å². The summed E-state index contributed by atoms with van der Waals surface area (Å²) in [5, 5.41) is 0. The van der Waals surface area contributed by atoms with E-state index < -0.39 is 0 Å². The van der Waals surface area contributed by atoms with Crippen molar-refractivity contribution in [2.24, 2.45) is 0 Å². The highest BCUT2D eigenvalue weighted by Gasteiger charge is 2.23. The van der Waals surface area contributed by atoms with Crippen LogP contribution in [0.15, 0.2) is 24.3 Å². The van der Waals surface area contributed by atoms with Crippen molar-refractivity contribution in [1.82, 2.24) is 9.80 Å². The first kappa shape index (κ1) is 14.9. The molecule has 0 bridgehead atoms. The summed E-state index contributed by atoms with van der Waals surface area (Å²) in [5.41, 5.74) is 7.54. The number of para-hydroxylation sites is 1. The molecule has 0 spiro atoms. The molecule has 0 saturated carbocycles. The number of nitrogen functional groups attached to an aromatic ring is 1. The Morgan fingerprint density at radius 2 is 1.90 bits per heavy atom. The fourth-order valence-corrected chi connectivity index (χ4v) is 2.64. The largest absolute Gasteiger partial charge is 0.398 e. The molecule has 1 saturated heterocycles. The molecule has 0 aromatic heterocycles. The third-order valence-electron chi connectivity index (χ3n) is 4.28. The molecule has 1 aromatic carbocycles. The first-order valence-corrected chi connectivity index (χ1v) is 7.47. The maximum Gasteiger partial charge on any atom is 0.227 e. The van der Waals surface area contributed by atoms with Gasteiger partial charge in [0, 0.05) is 37.9 Å². The lowest BCUT2D eigenvalue weighted by Crippen LogP contribution is -2.51. The van der Waals surface area contributed by atoms with Crippen LogP contribution < -0.4 is 5.73 Å². The van der Waals surface area contributed by atoms with Crippen LogP contribution in [0, 0.1) is 0 Å². The Morgan fingerprint density at radius 1 is 1.25 bits per heavy atom. The molecule has 0 radical (unpaired) electrons. The predicted octanol–water partition coefficient (Wildman–Crippen LogP) is 1.75. The Kier molecular flexibility index (Phi) is 5.01. The van der Waals surface area contributed by atoms with Crippen LogP contribution in [0.5, 0.6) is 0 Å². The number of nitrogens with zero attached hydrogens (tertiary/aromatic N) is 2. The van der Waals surface area contributed by atoms with E-state index in [9.17, 15) is 4.79 Å². The maximum atomic E-state index is 12.3. The molecular weight excluding hydrogens is 250 g/mol. The van der Waals surface area contributed by atoms with Gasteiger partial charge in [-0.15, -0.1) is 0 Å². The Bertz CT molecular complexity index is 453. The second kappa shape index (κ2) is 6.75. The number of nitrogens with two attached hydrogens (primary N) is 1. The van der Waals surface area contributed by atoms with Crippen LogP contribution >= 0.6 is 0 Å². The van der Waals surface area contributed by atoms with Crippen LogP contribution in [0.25, 0.3) is 0 Å². The number of anilines is 1. The van der Waals surface area contributed by atoms with Crippen LogP contribution in [0.4, 0.5) is 5.69 Å². The number of rotatable bonds is 4. The quantitative estimate of drug-likeness (QED) is 0.852. The average Bonchev–Trinajstić information content (AvgIpc) is 2.49. The van der Waals surface area contributed by atoms with Gasteiger partial charge in [-0.3, -0.25) is 9.69 Å². The van der Waals surface area contributed by atoms with E-state index in [2.05, 4.69) is 18.7 Å². The van der Waals surface area contributed by atoms with Gasteiger partial charge in [0.15, 0.2) is 0 Å². The molecule has 4 heteroatoms. The van der Waals surface area contributed by atoms with E-state index in [1.54, 1.807) is 0 Å². The lowest BCUT2D eigenvalue weighted by molar-refractivity contribution is -0.132. The Morgan fingerprint density at radius 3 is 2.50 bits per heavy atom. The third kappa shape index (κ3) is 3.51. The summed E-state index contributed by atoms with van der Waals surface area (Å²) in [6.07, 6.45) is 1.57. The van der Waals surface area contributed by atoms with Crippen molar-refractivity contribution in [3.63, 3.8) is 0 Å². The first-order valence-electron chi connectivity index (χ1n) is 7.47. The average molecular weight is 275 g/mol. The van der Waals surface area contributed by atoms with Crippen molar-refractivity contribution in [2.75, 3.05) is 31.9 Å². The van der Waals surface area contributed by atoms with E-state index in [-0.39, 0.29) is 5.91 Å². The standard InChI is InChI=1S/C16H25N3O/c1-3-13(2)18-8-10-19(11-9-18)16(20)12-14-6-4-5-7-15(14)17/h4-7,13H,3,8-12,17H2,1-2H3. The maximum absolute atomic E-state index is 12.3. The summed E-state index contributed by atoms with van der Waals surface area (Å²) in [5.74, 6) is 0.187. The highest BCUT2D eigenvalue weighted by atomic mass is 16.2.